The smallest absolute Gasteiger partial charge is 0.259 e. The number of carbonyl (C=O) groups excluding carboxylic acids is 3. The lowest BCUT2D eigenvalue weighted by molar-refractivity contribution is -0.116. The molecule has 9 heteroatoms. The topological polar surface area (TPSA) is 108 Å². The molecule has 0 heterocycles. The second-order valence-corrected chi connectivity index (χ2v) is 8.02. The molecule has 0 unspecified atom stereocenters. The molecule has 34 heavy (non-hydrogen) atoms. The number of phenols is 1. The highest BCUT2D eigenvalue weighted by atomic mass is 19.1. The average molecular weight is 467 g/mol. The third kappa shape index (κ3) is 6.61. The van der Waals surface area contributed by atoms with Crippen LogP contribution in [0.2, 0.25) is 0 Å². The third-order valence-corrected chi connectivity index (χ3v) is 4.65. The molecular formula is C25H23F2N3O4. The molecule has 3 aromatic rings. The zero-order valence-electron chi connectivity index (χ0n) is 18.5. The highest BCUT2D eigenvalue weighted by molar-refractivity contribution is 6.08. The van der Waals surface area contributed by atoms with E-state index in [0.717, 1.165) is 18.2 Å². The number of halogens is 2. The van der Waals surface area contributed by atoms with Crippen molar-refractivity contribution in [1.29, 1.82) is 0 Å². The Labute approximate surface area is 194 Å². The molecule has 0 atom stereocenters. The van der Waals surface area contributed by atoms with Crippen LogP contribution >= 0.6 is 0 Å². The van der Waals surface area contributed by atoms with Crippen LogP contribution in [-0.2, 0) is 4.79 Å². The predicted octanol–water partition coefficient (Wildman–Crippen LogP) is 5.16. The Morgan fingerprint density at radius 2 is 1.29 bits per heavy atom. The molecule has 0 saturated carbocycles. The highest BCUT2D eigenvalue weighted by Gasteiger charge is 2.15. The van der Waals surface area contributed by atoms with Crippen molar-refractivity contribution in [3.05, 3.63) is 83.4 Å². The summed E-state index contributed by atoms with van der Waals surface area (Å²) in [6.45, 7) is 3.89. The van der Waals surface area contributed by atoms with Gasteiger partial charge < -0.3 is 21.1 Å². The van der Waals surface area contributed by atoms with Crippen LogP contribution in [0.5, 0.6) is 5.75 Å². The summed E-state index contributed by atoms with van der Waals surface area (Å²) in [7, 11) is 0. The van der Waals surface area contributed by atoms with E-state index in [9.17, 15) is 28.3 Å². The predicted molar refractivity (Wildman–Crippen MR) is 125 cm³/mol. The molecule has 0 aliphatic rings. The Kier molecular flexibility index (Phi) is 7.57. The zero-order valence-corrected chi connectivity index (χ0v) is 18.5. The minimum Gasteiger partial charge on any atom is -0.507 e. The molecule has 7 nitrogen and oxygen atoms in total. The lowest BCUT2D eigenvalue weighted by Gasteiger charge is -2.11. The molecule has 0 spiro atoms. The summed E-state index contributed by atoms with van der Waals surface area (Å²) < 4.78 is 26.6. The summed E-state index contributed by atoms with van der Waals surface area (Å²) in [5.74, 6) is -3.45. The summed E-state index contributed by atoms with van der Waals surface area (Å²) in [6.07, 6.45) is 0.396. The average Bonchev–Trinajstić information content (AvgIpc) is 2.74. The first-order valence-corrected chi connectivity index (χ1v) is 10.4. The molecule has 3 amide bonds. The van der Waals surface area contributed by atoms with Gasteiger partial charge in [0.15, 0.2) is 0 Å². The van der Waals surface area contributed by atoms with Crippen molar-refractivity contribution in [2.24, 2.45) is 5.92 Å². The van der Waals surface area contributed by atoms with Crippen molar-refractivity contribution >= 4 is 34.8 Å². The van der Waals surface area contributed by atoms with Crippen LogP contribution < -0.4 is 16.0 Å². The first kappa shape index (κ1) is 24.4. The highest BCUT2D eigenvalue weighted by Crippen LogP contribution is 2.24. The fraction of sp³-hybridized carbons (Fsp3) is 0.160. The first-order chi connectivity index (χ1) is 16.1. The van der Waals surface area contributed by atoms with Crippen LogP contribution in [0.15, 0.2) is 60.7 Å². The van der Waals surface area contributed by atoms with E-state index < -0.39 is 29.2 Å². The lowest BCUT2D eigenvalue weighted by atomic mass is 10.1. The molecule has 3 rings (SSSR count). The quantitative estimate of drug-likeness (QED) is 0.385. The van der Waals surface area contributed by atoms with Crippen molar-refractivity contribution < 1.29 is 28.3 Å². The maximum atomic E-state index is 13.3. The molecular weight excluding hydrogens is 444 g/mol. The van der Waals surface area contributed by atoms with Crippen LogP contribution in [0.1, 0.15) is 41.0 Å². The summed E-state index contributed by atoms with van der Waals surface area (Å²) in [5.41, 5.74) is 0.874. The molecule has 176 valence electrons. The van der Waals surface area contributed by atoms with Crippen molar-refractivity contribution in [3.63, 3.8) is 0 Å². The van der Waals surface area contributed by atoms with Gasteiger partial charge in [-0.2, -0.15) is 0 Å². The van der Waals surface area contributed by atoms with Gasteiger partial charge in [-0.3, -0.25) is 14.4 Å². The van der Waals surface area contributed by atoms with Crippen LogP contribution in [0.25, 0.3) is 0 Å². The fourth-order valence-corrected chi connectivity index (χ4v) is 3.11. The number of amides is 3. The molecule has 0 bridgehead atoms. The normalized spacial score (nSPS) is 10.6. The Morgan fingerprint density at radius 3 is 1.85 bits per heavy atom. The van der Waals surface area contributed by atoms with Gasteiger partial charge in [0.2, 0.25) is 5.91 Å². The molecule has 0 aromatic heterocycles. The number of hydrogen-bond acceptors (Lipinski definition) is 4. The van der Waals surface area contributed by atoms with E-state index in [2.05, 4.69) is 16.0 Å². The van der Waals surface area contributed by atoms with Gasteiger partial charge in [-0.15, -0.1) is 0 Å². The van der Waals surface area contributed by atoms with Gasteiger partial charge in [0.05, 0.1) is 5.56 Å². The zero-order chi connectivity index (χ0) is 24.8. The third-order valence-electron chi connectivity index (χ3n) is 4.65. The summed E-state index contributed by atoms with van der Waals surface area (Å²) in [5, 5.41) is 18.0. The van der Waals surface area contributed by atoms with Gasteiger partial charge in [-0.05, 0) is 54.4 Å². The van der Waals surface area contributed by atoms with Gasteiger partial charge >= 0.3 is 0 Å². The van der Waals surface area contributed by atoms with Crippen molar-refractivity contribution in [3.8, 4) is 5.75 Å². The number of phenolic OH excluding ortho intramolecular Hbond substituents is 1. The number of aromatic hydroxyl groups is 1. The van der Waals surface area contributed by atoms with Gasteiger partial charge in [0, 0.05) is 41.2 Å². The summed E-state index contributed by atoms with van der Waals surface area (Å²) in [6, 6.07) is 12.7. The van der Waals surface area contributed by atoms with Gasteiger partial charge in [-0.1, -0.05) is 13.8 Å². The van der Waals surface area contributed by atoms with Gasteiger partial charge in [-0.25, -0.2) is 8.78 Å². The standard InChI is InChI=1S/C25H23F2N3O4/c1-14(2)9-23(32)28-18-3-5-19(6-4-18)29-25(34)21-8-7-20(13-22(21)31)30-24(33)15-10-16(26)12-17(27)11-15/h3-8,10-14,31H,9H2,1-2H3,(H,28,32)(H,29,34)(H,30,33). The van der Waals surface area contributed by atoms with Crippen LogP contribution in [0.4, 0.5) is 25.8 Å². The second kappa shape index (κ2) is 10.6. The number of carbonyl (C=O) groups is 3. The maximum Gasteiger partial charge on any atom is 0.259 e. The van der Waals surface area contributed by atoms with E-state index in [-0.39, 0.29) is 28.6 Å². The van der Waals surface area contributed by atoms with E-state index in [1.807, 2.05) is 13.8 Å². The number of benzene rings is 3. The monoisotopic (exact) mass is 467 g/mol. The molecule has 0 aliphatic heterocycles. The number of anilines is 3. The summed E-state index contributed by atoms with van der Waals surface area (Å²) in [4.78, 5) is 36.6. The van der Waals surface area contributed by atoms with E-state index in [4.69, 9.17) is 0 Å². The van der Waals surface area contributed by atoms with Gasteiger partial charge in [0.1, 0.15) is 17.4 Å². The summed E-state index contributed by atoms with van der Waals surface area (Å²) >= 11 is 0. The lowest BCUT2D eigenvalue weighted by Crippen LogP contribution is -2.15. The largest absolute Gasteiger partial charge is 0.507 e. The van der Waals surface area contributed by atoms with E-state index in [1.54, 1.807) is 24.3 Å². The minimum atomic E-state index is -0.897. The molecule has 0 aliphatic carbocycles. The van der Waals surface area contributed by atoms with E-state index in [0.29, 0.717) is 23.9 Å². The van der Waals surface area contributed by atoms with Crippen LogP contribution in [0, 0.1) is 17.6 Å². The number of hydrogen-bond donors (Lipinski definition) is 4. The molecule has 3 aromatic carbocycles. The molecule has 4 N–H and O–H groups in total. The Bertz CT molecular complexity index is 1210. The van der Waals surface area contributed by atoms with Crippen molar-refractivity contribution in [2.45, 2.75) is 20.3 Å². The first-order valence-electron chi connectivity index (χ1n) is 10.4. The Balaban J connectivity index is 1.63. The van der Waals surface area contributed by atoms with Crippen molar-refractivity contribution in [1.82, 2.24) is 0 Å². The number of rotatable bonds is 7. The van der Waals surface area contributed by atoms with Crippen LogP contribution in [-0.4, -0.2) is 22.8 Å². The number of nitrogens with one attached hydrogen (secondary N) is 3. The molecule has 0 radical (unpaired) electrons. The second-order valence-electron chi connectivity index (χ2n) is 8.02. The SMILES string of the molecule is CC(C)CC(=O)Nc1ccc(NC(=O)c2ccc(NC(=O)c3cc(F)cc(F)c3)cc2O)cc1. The molecule has 0 fully saturated rings. The van der Waals surface area contributed by atoms with E-state index in [1.165, 1.54) is 12.1 Å². The molecule has 0 saturated heterocycles. The maximum absolute atomic E-state index is 13.3. The minimum absolute atomic E-state index is 0.0517. The van der Waals surface area contributed by atoms with Gasteiger partial charge in [0.25, 0.3) is 11.8 Å². The fourth-order valence-electron chi connectivity index (χ4n) is 3.11. The van der Waals surface area contributed by atoms with Crippen LogP contribution in [0.3, 0.4) is 0 Å². The van der Waals surface area contributed by atoms with Crippen molar-refractivity contribution in [2.75, 3.05) is 16.0 Å². The van der Waals surface area contributed by atoms with E-state index >= 15 is 0 Å². The Hall–Kier alpha value is -4.27. The Morgan fingerprint density at radius 1 is 0.765 bits per heavy atom.